The van der Waals surface area contributed by atoms with Gasteiger partial charge in [0.25, 0.3) is 0 Å². The quantitative estimate of drug-likeness (QED) is 0.461. The van der Waals surface area contributed by atoms with Crippen molar-refractivity contribution in [2.24, 2.45) is 16.3 Å². The zero-order valence-corrected chi connectivity index (χ0v) is 15.5. The minimum absolute atomic E-state index is 0. The Balaban J connectivity index is 0.00000361. The molecule has 3 amide bonds. The predicted molar refractivity (Wildman–Crippen MR) is 75.1 cm³/mol. The van der Waals surface area contributed by atoms with E-state index in [2.05, 4.69) is 17.2 Å². The van der Waals surface area contributed by atoms with Crippen LogP contribution in [0.3, 0.4) is 0 Å². The van der Waals surface area contributed by atoms with Crippen molar-refractivity contribution in [3.63, 3.8) is 0 Å². The van der Waals surface area contributed by atoms with Crippen LogP contribution in [0.1, 0.15) is 40.0 Å². The molecule has 0 aromatic carbocycles. The summed E-state index contributed by atoms with van der Waals surface area (Å²) in [5, 5.41) is 14.3. The maximum atomic E-state index is 12.2. The number of hydrogen-bond donors (Lipinski definition) is 1. The standard InChI is InChI=1S/C13H22N2O3S.Na/c1-4-6-7-19-8-13(9(3)5-2)10(16)14-12(18)15-11(13)17;/h9H,4-8H2,1-3H3,(H2,14,15,16,17,18);/q;+1/p-1. The average Bonchev–Trinajstić information content (AvgIpc) is 2.36. The van der Waals surface area contributed by atoms with Gasteiger partial charge >= 0.3 is 35.6 Å². The fraction of sp³-hybridized carbons (Fsp3) is 0.769. The van der Waals surface area contributed by atoms with Crippen LogP contribution in [0.4, 0.5) is 4.79 Å². The van der Waals surface area contributed by atoms with E-state index in [1.807, 2.05) is 13.8 Å². The minimum Gasteiger partial charge on any atom is -0.861 e. The monoisotopic (exact) mass is 308 g/mol. The summed E-state index contributed by atoms with van der Waals surface area (Å²) in [6, 6.07) is -0.840. The average molecular weight is 308 g/mol. The molecule has 0 aromatic rings. The molecule has 1 rings (SSSR count). The number of urea groups is 1. The Morgan fingerprint density at radius 3 is 2.55 bits per heavy atom. The first-order valence-electron chi connectivity index (χ1n) is 6.68. The summed E-state index contributed by atoms with van der Waals surface area (Å²) in [5.74, 6) is 0.0912. The van der Waals surface area contributed by atoms with Crippen LogP contribution in [0.2, 0.25) is 0 Å². The molecule has 0 saturated carbocycles. The Morgan fingerprint density at radius 1 is 1.40 bits per heavy atom. The molecule has 1 N–H and O–H groups in total. The molecule has 0 saturated heterocycles. The number of nitrogens with one attached hydrogen (secondary N) is 1. The van der Waals surface area contributed by atoms with Crippen molar-refractivity contribution in [3.8, 4) is 0 Å². The molecule has 2 unspecified atom stereocenters. The first kappa shape index (κ1) is 20.0. The van der Waals surface area contributed by atoms with Crippen LogP contribution in [0, 0.1) is 11.3 Å². The Bertz CT molecular complexity index is 390. The summed E-state index contributed by atoms with van der Waals surface area (Å²) in [5.41, 5.74) is -1.18. The van der Waals surface area contributed by atoms with Crippen LogP contribution in [-0.2, 0) is 4.79 Å². The number of aliphatic imine (C=N–C) groups is 1. The smallest absolute Gasteiger partial charge is 0.861 e. The van der Waals surface area contributed by atoms with Crippen molar-refractivity contribution >= 4 is 29.6 Å². The van der Waals surface area contributed by atoms with Crippen molar-refractivity contribution in [3.05, 3.63) is 0 Å². The number of unbranched alkanes of at least 4 members (excludes halogenated alkanes) is 1. The number of rotatable bonds is 7. The Labute approximate surface area is 146 Å². The zero-order chi connectivity index (χ0) is 14.5. The second-order valence-corrected chi connectivity index (χ2v) is 5.97. The van der Waals surface area contributed by atoms with Crippen LogP contribution in [-0.4, -0.2) is 29.3 Å². The third kappa shape index (κ3) is 4.23. The zero-order valence-electron chi connectivity index (χ0n) is 12.7. The molecule has 108 valence electrons. The van der Waals surface area contributed by atoms with E-state index in [0.717, 1.165) is 18.6 Å². The van der Waals surface area contributed by atoms with Gasteiger partial charge in [-0.05, 0) is 24.0 Å². The molecule has 0 bridgehead atoms. The van der Waals surface area contributed by atoms with Crippen LogP contribution in [0.25, 0.3) is 0 Å². The number of carbonyl (C=O) groups excluding carboxylic acids is 2. The second kappa shape index (κ2) is 9.07. The number of hydrogen-bond acceptors (Lipinski definition) is 4. The molecule has 0 spiro atoms. The van der Waals surface area contributed by atoms with Gasteiger partial charge in [0.15, 0.2) is 0 Å². The fourth-order valence-corrected chi connectivity index (χ4v) is 3.56. The maximum Gasteiger partial charge on any atom is 1.00 e. The number of imide groups is 1. The van der Waals surface area contributed by atoms with Gasteiger partial charge in [-0.2, -0.15) is 11.8 Å². The molecule has 20 heavy (non-hydrogen) atoms. The summed E-state index contributed by atoms with van der Waals surface area (Å²) in [4.78, 5) is 26.7. The summed E-state index contributed by atoms with van der Waals surface area (Å²) >= 11 is 1.58. The molecule has 7 heteroatoms. The van der Waals surface area contributed by atoms with Crippen molar-refractivity contribution < 1.29 is 44.3 Å². The Hall–Kier alpha value is -0.0400. The Morgan fingerprint density at radius 2 is 2.05 bits per heavy atom. The van der Waals surface area contributed by atoms with E-state index >= 15 is 0 Å². The van der Waals surface area contributed by atoms with E-state index in [1.54, 1.807) is 11.8 Å². The SMILES string of the molecule is CCCCSCC1(C(C)CC)C(=O)NC(=O)N=C1[O-].[Na+]. The predicted octanol–water partition coefficient (Wildman–Crippen LogP) is -1.44. The van der Waals surface area contributed by atoms with Crippen molar-refractivity contribution in [2.75, 3.05) is 11.5 Å². The molecular weight excluding hydrogens is 287 g/mol. The number of nitrogens with zero attached hydrogens (tertiary/aromatic N) is 1. The maximum absolute atomic E-state index is 12.2. The third-order valence-corrected chi connectivity index (χ3v) is 4.87. The van der Waals surface area contributed by atoms with E-state index in [9.17, 15) is 14.7 Å². The van der Waals surface area contributed by atoms with E-state index in [-0.39, 0.29) is 35.5 Å². The van der Waals surface area contributed by atoms with Crippen LogP contribution in [0.5, 0.6) is 0 Å². The van der Waals surface area contributed by atoms with Gasteiger partial charge in [-0.3, -0.25) is 10.1 Å². The fourth-order valence-electron chi connectivity index (χ4n) is 2.06. The van der Waals surface area contributed by atoms with Crippen molar-refractivity contribution in [1.82, 2.24) is 5.32 Å². The summed E-state index contributed by atoms with van der Waals surface area (Å²) in [6.07, 6.45) is 2.82. The topological polar surface area (TPSA) is 81.6 Å². The van der Waals surface area contributed by atoms with E-state index in [4.69, 9.17) is 0 Å². The van der Waals surface area contributed by atoms with Crippen molar-refractivity contribution in [1.29, 1.82) is 0 Å². The third-order valence-electron chi connectivity index (χ3n) is 3.64. The molecular formula is C13H21N2NaO3S. The number of thioether (sulfide) groups is 1. The van der Waals surface area contributed by atoms with Gasteiger partial charge in [-0.25, -0.2) is 9.79 Å². The summed E-state index contributed by atoms with van der Waals surface area (Å²) < 4.78 is 0. The molecule has 0 fully saturated rings. The normalized spacial score (nSPS) is 23.6. The van der Waals surface area contributed by atoms with Gasteiger partial charge in [0.05, 0.1) is 5.41 Å². The van der Waals surface area contributed by atoms with E-state index in [1.165, 1.54) is 0 Å². The molecule has 2 atom stereocenters. The molecule has 1 heterocycles. The van der Waals surface area contributed by atoms with Crippen LogP contribution >= 0.6 is 11.8 Å². The first-order chi connectivity index (χ1) is 8.98. The molecule has 0 radical (unpaired) electrons. The van der Waals surface area contributed by atoms with Gasteiger partial charge in [-0.15, -0.1) is 0 Å². The summed E-state index contributed by atoms with van der Waals surface area (Å²) in [6.45, 7) is 5.89. The van der Waals surface area contributed by atoms with Gasteiger partial charge in [-0.1, -0.05) is 33.6 Å². The van der Waals surface area contributed by atoms with Gasteiger partial charge in [0, 0.05) is 5.75 Å². The van der Waals surface area contributed by atoms with Crippen LogP contribution < -0.4 is 40.0 Å². The molecule has 1 aliphatic rings. The number of amides is 3. The molecule has 5 nitrogen and oxygen atoms in total. The second-order valence-electron chi connectivity index (χ2n) is 4.86. The minimum atomic E-state index is -1.18. The van der Waals surface area contributed by atoms with Crippen LogP contribution in [0.15, 0.2) is 4.99 Å². The molecule has 0 aliphatic carbocycles. The summed E-state index contributed by atoms with van der Waals surface area (Å²) in [7, 11) is 0. The molecule has 1 aliphatic heterocycles. The van der Waals surface area contributed by atoms with Gasteiger partial charge < -0.3 is 5.11 Å². The van der Waals surface area contributed by atoms with E-state index < -0.39 is 23.3 Å². The first-order valence-corrected chi connectivity index (χ1v) is 7.83. The van der Waals surface area contributed by atoms with Crippen molar-refractivity contribution in [2.45, 2.75) is 40.0 Å². The largest absolute Gasteiger partial charge is 1.00 e. The number of carbonyl (C=O) groups is 2. The van der Waals surface area contributed by atoms with Gasteiger partial charge in [0.2, 0.25) is 5.91 Å². The van der Waals surface area contributed by atoms with Gasteiger partial charge in [0.1, 0.15) is 0 Å². The Kier molecular flexibility index (Phi) is 9.06. The molecule has 0 aromatic heterocycles. The van der Waals surface area contributed by atoms with E-state index in [0.29, 0.717) is 12.2 Å².